The fourth-order valence-corrected chi connectivity index (χ4v) is 6.49. The first kappa shape index (κ1) is 23.1. The minimum Gasteiger partial charge on any atom is -0.383 e. The number of nitrogens with two attached hydrogens (primary N) is 3. The molecule has 6 N–H and O–H groups in total. The van der Waals surface area contributed by atoms with E-state index in [0.29, 0.717) is 28.7 Å². The molecule has 1 aliphatic carbocycles. The molecule has 2 atom stereocenters. The van der Waals surface area contributed by atoms with Crippen LogP contribution in [0.5, 0.6) is 0 Å². The van der Waals surface area contributed by atoms with E-state index in [1.165, 1.54) is 12.3 Å². The minimum absolute atomic E-state index is 0.0975. The summed E-state index contributed by atoms with van der Waals surface area (Å²) in [5.74, 6) is 0.264. The van der Waals surface area contributed by atoms with Crippen molar-refractivity contribution in [1.82, 2.24) is 9.88 Å². The third-order valence-corrected chi connectivity index (χ3v) is 8.98. The van der Waals surface area contributed by atoms with Crippen LogP contribution in [-0.2, 0) is 11.2 Å². The quantitative estimate of drug-likeness (QED) is 0.575. The van der Waals surface area contributed by atoms with E-state index in [1.54, 1.807) is 12.1 Å². The first-order valence-corrected chi connectivity index (χ1v) is 12.4. The van der Waals surface area contributed by atoms with Gasteiger partial charge in [-0.3, -0.25) is 4.79 Å². The largest absolute Gasteiger partial charge is 0.383 e. The van der Waals surface area contributed by atoms with E-state index in [0.717, 1.165) is 42.2 Å². The van der Waals surface area contributed by atoms with Crippen molar-refractivity contribution in [3.63, 3.8) is 0 Å². The van der Waals surface area contributed by atoms with Gasteiger partial charge in [-0.25, -0.2) is 14.4 Å². The van der Waals surface area contributed by atoms with E-state index < -0.39 is 5.92 Å². The van der Waals surface area contributed by atoms with Crippen LogP contribution in [-0.4, -0.2) is 34.6 Å². The highest BCUT2D eigenvalue weighted by molar-refractivity contribution is 8.04. The summed E-state index contributed by atoms with van der Waals surface area (Å²) in [7, 11) is 0. The van der Waals surface area contributed by atoms with Gasteiger partial charge in [0, 0.05) is 30.2 Å². The highest BCUT2D eigenvalue weighted by Crippen LogP contribution is 2.51. The molecule has 3 aliphatic rings. The van der Waals surface area contributed by atoms with Crippen LogP contribution in [0.3, 0.4) is 0 Å². The predicted octanol–water partition coefficient (Wildman–Crippen LogP) is 3.63. The van der Waals surface area contributed by atoms with E-state index in [9.17, 15) is 9.18 Å². The molecule has 34 heavy (non-hydrogen) atoms. The van der Waals surface area contributed by atoms with Gasteiger partial charge in [0.2, 0.25) is 0 Å². The van der Waals surface area contributed by atoms with Gasteiger partial charge in [0.25, 0.3) is 0 Å². The fourth-order valence-electron chi connectivity index (χ4n) is 5.29. The zero-order chi connectivity index (χ0) is 24.2. The molecule has 10 heteroatoms. The van der Waals surface area contributed by atoms with Crippen LogP contribution in [0, 0.1) is 17.2 Å². The zero-order valence-electron chi connectivity index (χ0n) is 18.7. The number of pyridine rings is 1. The Morgan fingerprint density at radius 1 is 1.24 bits per heavy atom. The number of carbonyl (C=O) groups excluding carboxylic acids is 1. The number of thioether (sulfide) groups is 1. The lowest BCUT2D eigenvalue weighted by Crippen LogP contribution is -2.49. The Morgan fingerprint density at radius 2 is 1.97 bits per heavy atom. The number of aromatic nitrogens is 1. The lowest BCUT2D eigenvalue weighted by Gasteiger charge is -2.44. The van der Waals surface area contributed by atoms with Gasteiger partial charge in [-0.15, -0.1) is 0 Å². The second-order valence-electron chi connectivity index (χ2n) is 9.23. The summed E-state index contributed by atoms with van der Waals surface area (Å²) >= 11 is 7.41. The van der Waals surface area contributed by atoms with Gasteiger partial charge in [-0.05, 0) is 60.9 Å². The molecule has 1 saturated heterocycles. The molecule has 5 rings (SSSR count). The molecule has 7 nitrogen and oxygen atoms in total. The van der Waals surface area contributed by atoms with Crippen molar-refractivity contribution in [1.29, 1.82) is 0 Å². The summed E-state index contributed by atoms with van der Waals surface area (Å²) in [5.41, 5.74) is 20.6. The fraction of sp³-hybridized carbons (Fsp3) is 0.375. The monoisotopic (exact) mass is 500 g/mol. The number of hydrogen-bond donors (Lipinski definition) is 3. The number of nitrogen functional groups attached to an aromatic ring is 1. The number of benzene rings is 1. The van der Waals surface area contributed by atoms with E-state index in [1.807, 2.05) is 13.0 Å². The molecule has 3 heterocycles. The molecular formula is C24H26ClFN6OS. The number of Topliss-reactive ketones (excluding diaryl/α,β-unsaturated/α-hetero) is 1. The second kappa shape index (κ2) is 8.55. The number of fused-ring (bicyclic) bond motifs is 1. The van der Waals surface area contributed by atoms with Crippen LogP contribution < -0.4 is 17.2 Å². The van der Waals surface area contributed by atoms with E-state index >= 15 is 0 Å². The lowest BCUT2D eigenvalue weighted by atomic mass is 9.73. The van der Waals surface area contributed by atoms with Crippen molar-refractivity contribution in [2.24, 2.45) is 27.8 Å². The molecule has 1 unspecified atom stereocenters. The maximum Gasteiger partial charge on any atom is 0.183 e. The van der Waals surface area contributed by atoms with Crippen LogP contribution in [0.2, 0.25) is 5.02 Å². The Balaban J connectivity index is 1.35. The summed E-state index contributed by atoms with van der Waals surface area (Å²) in [4.78, 5) is 24.9. The topological polar surface area (TPSA) is 124 Å². The van der Waals surface area contributed by atoms with Crippen LogP contribution in [0.25, 0.3) is 0 Å². The van der Waals surface area contributed by atoms with Gasteiger partial charge in [0.1, 0.15) is 23.3 Å². The number of likely N-dealkylation sites (tertiary alicyclic amines) is 1. The highest BCUT2D eigenvalue weighted by Gasteiger charge is 2.47. The summed E-state index contributed by atoms with van der Waals surface area (Å²) in [5, 5.41) is 0.290. The average Bonchev–Trinajstić information content (AvgIpc) is 3.08. The standard InChI is InChI=1S/C24H26ClFN6OS/c1-12-18(33)19(34-16-4-7-30-21(28)17(16)25)22(29)31-23(12)32-8-5-24(6-9-32)11-13-2-3-14(26)10-15(13)20(24)27/h2-4,7,10,12,20H,5-6,8-9,11,27,29H2,1H3,(H2,28,30)/t12-,20?/m1/s1. The molecule has 0 radical (unpaired) electrons. The SMILES string of the molecule is C[C@@H]1C(=O)C(Sc2ccnc(N)c2Cl)=C(N)N=C1N1CCC2(CC1)Cc1ccc(F)cc1C2N. The third-order valence-electron chi connectivity index (χ3n) is 7.29. The van der Waals surface area contributed by atoms with Crippen LogP contribution in [0.1, 0.15) is 36.9 Å². The maximum atomic E-state index is 13.8. The number of ketones is 1. The average molecular weight is 501 g/mol. The van der Waals surface area contributed by atoms with Crippen LogP contribution in [0.15, 0.2) is 51.1 Å². The predicted molar refractivity (Wildman–Crippen MR) is 133 cm³/mol. The number of amidine groups is 1. The number of allylic oxidation sites excluding steroid dienone is 1. The van der Waals surface area contributed by atoms with E-state index in [4.69, 9.17) is 28.8 Å². The van der Waals surface area contributed by atoms with Crippen molar-refractivity contribution in [2.75, 3.05) is 18.8 Å². The number of halogens is 2. The summed E-state index contributed by atoms with van der Waals surface area (Å²) < 4.78 is 13.8. The summed E-state index contributed by atoms with van der Waals surface area (Å²) in [6, 6.07) is 6.42. The molecule has 1 aromatic carbocycles. The molecule has 0 amide bonds. The molecule has 1 spiro atoms. The maximum absolute atomic E-state index is 13.8. The number of rotatable bonds is 2. The van der Waals surface area contributed by atoms with Gasteiger partial charge >= 0.3 is 0 Å². The molecule has 178 valence electrons. The van der Waals surface area contributed by atoms with Crippen LogP contribution >= 0.6 is 23.4 Å². The Hall–Kier alpha value is -2.62. The normalized spacial score (nSPS) is 23.9. The van der Waals surface area contributed by atoms with Gasteiger partial charge in [0.05, 0.1) is 15.8 Å². The Labute approximate surface area is 206 Å². The van der Waals surface area contributed by atoms with Crippen molar-refractivity contribution in [3.8, 4) is 0 Å². The second-order valence-corrected chi connectivity index (χ2v) is 10.7. The number of hydrogen-bond acceptors (Lipinski definition) is 8. The zero-order valence-corrected chi connectivity index (χ0v) is 20.3. The van der Waals surface area contributed by atoms with Crippen molar-refractivity contribution >= 4 is 40.8 Å². The minimum atomic E-state index is -0.439. The number of anilines is 1. The summed E-state index contributed by atoms with van der Waals surface area (Å²) in [6.45, 7) is 3.27. The highest BCUT2D eigenvalue weighted by atomic mass is 35.5. The molecule has 1 fully saturated rings. The molecule has 2 aromatic rings. The molecule has 0 bridgehead atoms. The van der Waals surface area contributed by atoms with Crippen molar-refractivity contribution in [3.05, 3.63) is 63.2 Å². The Kier molecular flexibility index (Phi) is 5.82. The molecule has 0 saturated carbocycles. The van der Waals surface area contributed by atoms with Crippen molar-refractivity contribution in [2.45, 2.75) is 37.1 Å². The van der Waals surface area contributed by atoms with Gasteiger partial charge in [-0.2, -0.15) is 0 Å². The Morgan fingerprint density at radius 3 is 2.71 bits per heavy atom. The molecule has 2 aliphatic heterocycles. The van der Waals surface area contributed by atoms with Gasteiger partial charge in [-0.1, -0.05) is 29.4 Å². The van der Waals surface area contributed by atoms with E-state index in [2.05, 4.69) is 14.9 Å². The first-order valence-electron chi connectivity index (χ1n) is 11.2. The summed E-state index contributed by atoms with van der Waals surface area (Å²) in [6.07, 6.45) is 4.05. The smallest absolute Gasteiger partial charge is 0.183 e. The first-order chi connectivity index (χ1) is 16.2. The Bertz CT molecular complexity index is 1240. The van der Waals surface area contributed by atoms with Gasteiger partial charge < -0.3 is 22.1 Å². The number of nitrogens with zero attached hydrogens (tertiary/aromatic N) is 3. The third kappa shape index (κ3) is 3.76. The van der Waals surface area contributed by atoms with Crippen LogP contribution in [0.4, 0.5) is 10.2 Å². The number of piperidine rings is 1. The molecular weight excluding hydrogens is 475 g/mol. The number of carbonyl (C=O) groups is 1. The van der Waals surface area contributed by atoms with E-state index in [-0.39, 0.29) is 39.7 Å². The number of aliphatic imine (C=N–C) groups is 1. The van der Waals surface area contributed by atoms with Crippen molar-refractivity contribution < 1.29 is 9.18 Å². The van der Waals surface area contributed by atoms with Gasteiger partial charge in [0.15, 0.2) is 5.78 Å². The molecule has 1 aromatic heterocycles. The lowest BCUT2D eigenvalue weighted by molar-refractivity contribution is -0.116.